The van der Waals surface area contributed by atoms with Crippen molar-refractivity contribution in [2.75, 3.05) is 6.54 Å². The number of rotatable bonds is 1. The van der Waals surface area contributed by atoms with E-state index in [9.17, 15) is 4.79 Å². The zero-order chi connectivity index (χ0) is 5.98. The maximum Gasteiger partial charge on any atom is 0.320 e. The van der Waals surface area contributed by atoms with Gasteiger partial charge >= 0.3 is 5.97 Å². The van der Waals surface area contributed by atoms with E-state index in [0.717, 1.165) is 19.4 Å². The molecule has 0 saturated carbocycles. The van der Waals surface area contributed by atoms with Crippen LogP contribution in [-0.4, -0.2) is 23.7 Å². The topological polar surface area (TPSA) is 49.3 Å². The molecule has 0 amide bonds. The molecule has 3 nitrogen and oxygen atoms in total. The van der Waals surface area contributed by atoms with E-state index in [2.05, 4.69) is 5.32 Å². The standard InChI is InChI=1S/C5H9NO2/c7-5(8)4-2-1-3-6-4/h4,6H,1-3H2,(H,7,8)/i5+1. The molecule has 1 atom stereocenters. The molecule has 0 spiro atoms. The molecule has 1 fully saturated rings. The zero-order valence-corrected chi connectivity index (χ0v) is 4.55. The van der Waals surface area contributed by atoms with Crippen molar-refractivity contribution in [2.45, 2.75) is 18.9 Å². The number of nitrogens with one attached hydrogen (secondary N) is 1. The van der Waals surface area contributed by atoms with Crippen molar-refractivity contribution in [1.82, 2.24) is 5.32 Å². The minimum absolute atomic E-state index is 0.269. The monoisotopic (exact) mass is 116 g/mol. The summed E-state index contributed by atoms with van der Waals surface area (Å²) in [5.74, 6) is -0.720. The Bertz CT molecular complexity index is 96.6. The summed E-state index contributed by atoms with van der Waals surface area (Å²) in [7, 11) is 0. The van der Waals surface area contributed by atoms with Gasteiger partial charge in [-0.25, -0.2) is 0 Å². The van der Waals surface area contributed by atoms with Gasteiger partial charge in [-0.2, -0.15) is 0 Å². The maximum atomic E-state index is 10.1. The van der Waals surface area contributed by atoms with Gasteiger partial charge in [0.05, 0.1) is 0 Å². The Labute approximate surface area is 47.7 Å². The van der Waals surface area contributed by atoms with Crippen molar-refractivity contribution in [3.8, 4) is 0 Å². The van der Waals surface area contributed by atoms with Crippen LogP contribution < -0.4 is 5.32 Å². The van der Waals surface area contributed by atoms with Crippen molar-refractivity contribution < 1.29 is 9.90 Å². The van der Waals surface area contributed by atoms with Gasteiger partial charge in [0, 0.05) is 0 Å². The van der Waals surface area contributed by atoms with Gasteiger partial charge in [-0.05, 0) is 19.4 Å². The van der Waals surface area contributed by atoms with E-state index in [4.69, 9.17) is 5.11 Å². The average molecular weight is 116 g/mol. The Hall–Kier alpha value is -0.570. The summed E-state index contributed by atoms with van der Waals surface area (Å²) in [4.78, 5) is 10.1. The fourth-order valence-corrected chi connectivity index (χ4v) is 0.895. The first-order valence-corrected chi connectivity index (χ1v) is 2.77. The lowest BCUT2D eigenvalue weighted by atomic mass is 10.3. The largest absolute Gasteiger partial charge is 0.480 e. The average Bonchev–Trinajstić information content (AvgIpc) is 2.12. The zero-order valence-electron chi connectivity index (χ0n) is 4.55. The third-order valence-electron chi connectivity index (χ3n) is 1.36. The summed E-state index contributed by atoms with van der Waals surface area (Å²) >= 11 is 0. The summed E-state index contributed by atoms with van der Waals surface area (Å²) in [5, 5.41) is 11.2. The lowest BCUT2D eigenvalue weighted by molar-refractivity contribution is -0.139. The Morgan fingerprint density at radius 3 is 2.75 bits per heavy atom. The minimum Gasteiger partial charge on any atom is -0.480 e. The smallest absolute Gasteiger partial charge is 0.320 e. The lowest BCUT2D eigenvalue weighted by Gasteiger charge is -1.99. The Morgan fingerprint density at radius 1 is 1.75 bits per heavy atom. The van der Waals surface area contributed by atoms with Crippen molar-refractivity contribution in [3.05, 3.63) is 0 Å². The van der Waals surface area contributed by atoms with Crippen LogP contribution >= 0.6 is 0 Å². The summed E-state index contributed by atoms with van der Waals surface area (Å²) in [6.45, 7) is 0.858. The van der Waals surface area contributed by atoms with E-state index in [-0.39, 0.29) is 6.04 Å². The van der Waals surface area contributed by atoms with Crippen molar-refractivity contribution in [1.29, 1.82) is 0 Å². The quantitative estimate of drug-likeness (QED) is 0.467. The molecule has 46 valence electrons. The minimum atomic E-state index is -0.720. The van der Waals surface area contributed by atoms with Crippen molar-refractivity contribution in [3.63, 3.8) is 0 Å². The normalized spacial score (nSPS) is 28.2. The maximum absolute atomic E-state index is 10.1. The molecule has 0 aromatic carbocycles. The second-order valence-electron chi connectivity index (χ2n) is 1.99. The Balaban J connectivity index is 2.35. The predicted molar refractivity (Wildman–Crippen MR) is 28.7 cm³/mol. The third kappa shape index (κ3) is 0.980. The fraction of sp³-hybridized carbons (Fsp3) is 0.800. The van der Waals surface area contributed by atoms with E-state index in [0.29, 0.717) is 0 Å². The molecule has 0 bridgehead atoms. The van der Waals surface area contributed by atoms with Crippen LogP contribution in [0.4, 0.5) is 0 Å². The van der Waals surface area contributed by atoms with Crippen LogP contribution in [0.15, 0.2) is 0 Å². The van der Waals surface area contributed by atoms with Gasteiger partial charge in [0.2, 0.25) is 0 Å². The number of carbonyl (C=O) groups is 1. The van der Waals surface area contributed by atoms with Crippen LogP contribution in [-0.2, 0) is 4.79 Å². The highest BCUT2D eigenvalue weighted by atomic mass is 16.5. The van der Waals surface area contributed by atoms with E-state index >= 15 is 0 Å². The SMILES string of the molecule is O=[13C](O)C1CCCN1. The van der Waals surface area contributed by atoms with Gasteiger partial charge in [-0.3, -0.25) is 4.79 Å². The fourth-order valence-electron chi connectivity index (χ4n) is 0.895. The van der Waals surface area contributed by atoms with Crippen LogP contribution in [0.5, 0.6) is 0 Å². The Morgan fingerprint density at radius 2 is 2.50 bits per heavy atom. The molecule has 1 rings (SSSR count). The highest BCUT2D eigenvalue weighted by molar-refractivity contribution is 5.73. The van der Waals surface area contributed by atoms with Crippen LogP contribution in [0.3, 0.4) is 0 Å². The Kier molecular flexibility index (Phi) is 1.48. The molecule has 2 N–H and O–H groups in total. The lowest BCUT2D eigenvalue weighted by Crippen LogP contribution is -2.29. The molecule has 0 aromatic heterocycles. The molecule has 0 aromatic rings. The third-order valence-corrected chi connectivity index (χ3v) is 1.36. The summed E-state index contributed by atoms with van der Waals surface area (Å²) in [5.41, 5.74) is 0. The molecule has 3 heteroatoms. The number of aliphatic carboxylic acids is 1. The second-order valence-corrected chi connectivity index (χ2v) is 1.99. The molecular weight excluding hydrogens is 107 g/mol. The second kappa shape index (κ2) is 2.13. The number of carboxylic acids is 1. The van der Waals surface area contributed by atoms with E-state index in [1.54, 1.807) is 0 Å². The molecule has 1 unspecified atom stereocenters. The summed E-state index contributed by atoms with van der Waals surface area (Å²) in [6, 6.07) is -0.269. The molecule has 1 heterocycles. The summed E-state index contributed by atoms with van der Waals surface area (Å²) < 4.78 is 0. The van der Waals surface area contributed by atoms with E-state index in [1.165, 1.54) is 0 Å². The van der Waals surface area contributed by atoms with Gasteiger partial charge < -0.3 is 10.4 Å². The van der Waals surface area contributed by atoms with Gasteiger partial charge in [0.1, 0.15) is 6.04 Å². The summed E-state index contributed by atoms with van der Waals surface area (Å²) in [6.07, 6.45) is 1.78. The molecule has 0 radical (unpaired) electrons. The first kappa shape index (κ1) is 5.56. The molecule has 0 aliphatic carbocycles. The van der Waals surface area contributed by atoms with Crippen LogP contribution in [0, 0.1) is 0 Å². The first-order valence-electron chi connectivity index (χ1n) is 2.77. The van der Waals surface area contributed by atoms with Crippen molar-refractivity contribution in [2.24, 2.45) is 0 Å². The predicted octanol–water partition coefficient (Wildman–Crippen LogP) is -0.177. The number of hydrogen-bond donors (Lipinski definition) is 2. The van der Waals surface area contributed by atoms with Gasteiger partial charge in [-0.15, -0.1) is 0 Å². The van der Waals surface area contributed by atoms with E-state index < -0.39 is 5.97 Å². The molecule has 1 aliphatic rings. The van der Waals surface area contributed by atoms with Gasteiger partial charge in [0.15, 0.2) is 0 Å². The highest BCUT2D eigenvalue weighted by Gasteiger charge is 2.20. The van der Waals surface area contributed by atoms with Gasteiger partial charge in [0.25, 0.3) is 0 Å². The van der Waals surface area contributed by atoms with Crippen LogP contribution in [0.2, 0.25) is 0 Å². The number of hydrogen-bond acceptors (Lipinski definition) is 2. The first-order chi connectivity index (χ1) is 3.80. The van der Waals surface area contributed by atoms with Crippen LogP contribution in [0.25, 0.3) is 0 Å². The molecule has 1 saturated heterocycles. The van der Waals surface area contributed by atoms with E-state index in [1.807, 2.05) is 0 Å². The van der Waals surface area contributed by atoms with Gasteiger partial charge in [-0.1, -0.05) is 0 Å². The molecule has 8 heavy (non-hydrogen) atoms. The number of carboxylic acid groups (broad SMARTS) is 1. The highest BCUT2D eigenvalue weighted by Crippen LogP contribution is 2.03. The van der Waals surface area contributed by atoms with Crippen molar-refractivity contribution >= 4 is 5.97 Å². The molecular formula is C5H9NO2. The van der Waals surface area contributed by atoms with Crippen LogP contribution in [0.1, 0.15) is 12.8 Å². The molecule has 1 aliphatic heterocycles.